The fourth-order valence-corrected chi connectivity index (χ4v) is 4.27. The molecule has 6 heteroatoms. The molecule has 146 valence electrons. The van der Waals surface area contributed by atoms with Crippen molar-refractivity contribution in [1.29, 1.82) is 0 Å². The number of hydrogen-bond donors (Lipinski definition) is 2. The first kappa shape index (κ1) is 19.9. The largest absolute Gasteiger partial charge is 0.477 e. The molecule has 0 radical (unpaired) electrons. The number of amides is 1. The molecule has 0 spiro atoms. The Bertz CT molecular complexity index is 757. The molecule has 2 aliphatic rings. The van der Waals surface area contributed by atoms with Crippen LogP contribution in [0.5, 0.6) is 5.75 Å². The predicted molar refractivity (Wildman–Crippen MR) is 109 cm³/mol. The van der Waals surface area contributed by atoms with Gasteiger partial charge in [-0.05, 0) is 45.7 Å². The van der Waals surface area contributed by atoms with E-state index in [0.717, 1.165) is 19.3 Å². The number of hydrogen-bond acceptors (Lipinski definition) is 4. The summed E-state index contributed by atoms with van der Waals surface area (Å²) in [6, 6.07) is 4.49. The zero-order chi connectivity index (χ0) is 19.6. The minimum absolute atomic E-state index is 0.170. The van der Waals surface area contributed by atoms with Crippen molar-refractivity contribution in [2.75, 3.05) is 12.8 Å². The highest BCUT2D eigenvalue weighted by molar-refractivity contribution is 6.33. The Kier molecular flexibility index (Phi) is 6.18. The van der Waals surface area contributed by atoms with Crippen LogP contribution in [0.4, 0.5) is 5.69 Å². The van der Waals surface area contributed by atoms with Crippen molar-refractivity contribution < 1.29 is 9.53 Å². The van der Waals surface area contributed by atoms with Gasteiger partial charge in [-0.25, -0.2) is 0 Å². The van der Waals surface area contributed by atoms with Gasteiger partial charge in [0.2, 0.25) is 0 Å². The quantitative estimate of drug-likeness (QED) is 0.611. The molecule has 1 amide bonds. The molecule has 2 fully saturated rings. The highest BCUT2D eigenvalue weighted by Crippen LogP contribution is 2.35. The van der Waals surface area contributed by atoms with Crippen LogP contribution in [-0.2, 0) is 0 Å². The molecule has 2 aliphatic heterocycles. The lowest BCUT2D eigenvalue weighted by molar-refractivity contribution is 0.0878. The molecule has 0 aromatic heterocycles. The molecule has 3 rings (SSSR count). The summed E-state index contributed by atoms with van der Waals surface area (Å²) in [5.41, 5.74) is 6.72. The smallest absolute Gasteiger partial charge is 0.255 e. The van der Waals surface area contributed by atoms with E-state index < -0.39 is 0 Å². The molecule has 0 aliphatic carbocycles. The van der Waals surface area contributed by atoms with Crippen molar-refractivity contribution in [1.82, 2.24) is 10.2 Å². The molecule has 3 atom stereocenters. The van der Waals surface area contributed by atoms with Crippen molar-refractivity contribution in [2.45, 2.75) is 70.2 Å². The molecule has 1 aromatic carbocycles. The topological polar surface area (TPSA) is 67.6 Å². The number of anilines is 1. The number of carbonyl (C=O) groups is 1. The number of halogens is 1. The van der Waals surface area contributed by atoms with Crippen molar-refractivity contribution in [2.24, 2.45) is 0 Å². The molecule has 2 heterocycles. The third kappa shape index (κ3) is 4.51. The Morgan fingerprint density at radius 2 is 2.07 bits per heavy atom. The van der Waals surface area contributed by atoms with Crippen LogP contribution in [0.25, 0.3) is 0 Å². The molecule has 3 unspecified atom stereocenters. The summed E-state index contributed by atoms with van der Waals surface area (Å²) in [5, 5.41) is 3.53. The maximum absolute atomic E-state index is 13.0. The fourth-order valence-electron chi connectivity index (χ4n) is 4.10. The highest BCUT2D eigenvalue weighted by Gasteiger charge is 2.39. The Morgan fingerprint density at radius 1 is 1.41 bits per heavy atom. The SMILES string of the molecule is CCC#CC(C)Oc1cc(N)c(Cl)cc1C(=O)NC1CC2CCC(C1)N2C. The second kappa shape index (κ2) is 8.41. The first-order valence-corrected chi connectivity index (χ1v) is 10.0. The second-order valence-corrected chi connectivity index (χ2v) is 7.90. The van der Waals surface area contributed by atoms with Gasteiger partial charge in [-0.1, -0.05) is 30.4 Å². The van der Waals surface area contributed by atoms with E-state index in [9.17, 15) is 4.79 Å². The van der Waals surface area contributed by atoms with E-state index in [-0.39, 0.29) is 18.1 Å². The Morgan fingerprint density at radius 3 is 2.70 bits per heavy atom. The highest BCUT2D eigenvalue weighted by atomic mass is 35.5. The van der Waals surface area contributed by atoms with Gasteiger partial charge >= 0.3 is 0 Å². The van der Waals surface area contributed by atoms with E-state index in [2.05, 4.69) is 29.1 Å². The zero-order valence-electron chi connectivity index (χ0n) is 16.2. The molecular formula is C21H28ClN3O2. The van der Waals surface area contributed by atoms with Crippen molar-refractivity contribution in [3.8, 4) is 17.6 Å². The average Bonchev–Trinajstić information content (AvgIpc) is 2.83. The van der Waals surface area contributed by atoms with Gasteiger partial charge in [0, 0.05) is 30.6 Å². The molecular weight excluding hydrogens is 362 g/mol. The Labute approximate surface area is 166 Å². The number of nitrogens with zero attached hydrogens (tertiary/aromatic N) is 1. The first-order valence-electron chi connectivity index (χ1n) is 9.65. The molecule has 27 heavy (non-hydrogen) atoms. The predicted octanol–water partition coefficient (Wildman–Crippen LogP) is 3.46. The molecule has 2 saturated heterocycles. The fraction of sp³-hybridized carbons (Fsp3) is 0.571. The van der Waals surface area contributed by atoms with Gasteiger partial charge in [0.1, 0.15) is 5.75 Å². The number of nitrogen functional groups attached to an aromatic ring is 1. The van der Waals surface area contributed by atoms with Gasteiger partial charge in [-0.15, -0.1) is 0 Å². The van der Waals surface area contributed by atoms with Gasteiger partial charge in [-0.3, -0.25) is 4.79 Å². The van der Waals surface area contributed by atoms with E-state index >= 15 is 0 Å². The molecule has 2 bridgehead atoms. The van der Waals surface area contributed by atoms with Crippen LogP contribution < -0.4 is 15.8 Å². The zero-order valence-corrected chi connectivity index (χ0v) is 17.0. The van der Waals surface area contributed by atoms with Crippen LogP contribution in [0.15, 0.2) is 12.1 Å². The van der Waals surface area contributed by atoms with E-state index in [1.54, 1.807) is 12.1 Å². The summed E-state index contributed by atoms with van der Waals surface area (Å²) >= 11 is 6.17. The van der Waals surface area contributed by atoms with Gasteiger partial charge in [0.25, 0.3) is 5.91 Å². The number of nitrogens with two attached hydrogens (primary N) is 1. The molecule has 0 saturated carbocycles. The molecule has 1 aromatic rings. The van der Waals surface area contributed by atoms with Gasteiger partial charge < -0.3 is 20.7 Å². The number of carbonyl (C=O) groups excluding carboxylic acids is 1. The van der Waals surface area contributed by atoms with E-state index in [4.69, 9.17) is 22.1 Å². The third-order valence-electron chi connectivity index (χ3n) is 5.56. The number of ether oxygens (including phenoxy) is 1. The van der Waals surface area contributed by atoms with E-state index in [0.29, 0.717) is 34.1 Å². The minimum Gasteiger partial charge on any atom is -0.477 e. The van der Waals surface area contributed by atoms with Gasteiger partial charge in [0.15, 0.2) is 6.10 Å². The van der Waals surface area contributed by atoms with Crippen LogP contribution in [0.2, 0.25) is 5.02 Å². The number of piperidine rings is 1. The van der Waals surface area contributed by atoms with Crippen LogP contribution in [0, 0.1) is 11.8 Å². The van der Waals surface area contributed by atoms with Gasteiger partial charge in [-0.2, -0.15) is 0 Å². The number of benzene rings is 1. The summed E-state index contributed by atoms with van der Waals surface area (Å²) in [5.74, 6) is 6.25. The lowest BCUT2D eigenvalue weighted by Crippen LogP contribution is -2.48. The average molecular weight is 390 g/mol. The van der Waals surface area contributed by atoms with Crippen LogP contribution in [0.3, 0.4) is 0 Å². The first-order chi connectivity index (χ1) is 12.9. The Hall–Kier alpha value is -1.90. The Balaban J connectivity index is 1.76. The van der Waals surface area contributed by atoms with Gasteiger partial charge in [0.05, 0.1) is 16.3 Å². The standard InChI is InChI=1S/C21H28ClN3O2/c1-4-5-6-13(2)27-20-12-19(23)18(22)11-17(20)21(26)24-14-9-15-7-8-16(10-14)25(15)3/h11-16H,4,7-10,23H2,1-3H3,(H,24,26). The second-order valence-electron chi connectivity index (χ2n) is 7.50. The number of nitrogens with one attached hydrogen (secondary N) is 1. The molecule has 5 nitrogen and oxygen atoms in total. The van der Waals surface area contributed by atoms with Crippen molar-refractivity contribution in [3.63, 3.8) is 0 Å². The minimum atomic E-state index is -0.337. The number of fused-ring (bicyclic) bond motifs is 2. The summed E-state index contributed by atoms with van der Waals surface area (Å²) in [7, 11) is 2.19. The lowest BCUT2D eigenvalue weighted by atomic mass is 9.97. The normalized spacial score (nSPS) is 25.4. The summed E-state index contributed by atoms with van der Waals surface area (Å²) < 4.78 is 5.88. The summed E-state index contributed by atoms with van der Waals surface area (Å²) in [6.07, 6.45) is 4.80. The van der Waals surface area contributed by atoms with Crippen LogP contribution >= 0.6 is 11.6 Å². The third-order valence-corrected chi connectivity index (χ3v) is 5.89. The summed E-state index contributed by atoms with van der Waals surface area (Å²) in [6.45, 7) is 3.83. The summed E-state index contributed by atoms with van der Waals surface area (Å²) in [4.78, 5) is 15.4. The van der Waals surface area contributed by atoms with Crippen molar-refractivity contribution in [3.05, 3.63) is 22.7 Å². The maximum Gasteiger partial charge on any atom is 0.255 e. The van der Waals surface area contributed by atoms with E-state index in [1.807, 2.05) is 13.8 Å². The number of rotatable bonds is 4. The molecule has 3 N–H and O–H groups in total. The maximum atomic E-state index is 13.0. The lowest BCUT2D eigenvalue weighted by Gasteiger charge is -2.36. The van der Waals surface area contributed by atoms with E-state index in [1.165, 1.54) is 12.8 Å². The van der Waals surface area contributed by atoms with Crippen LogP contribution in [0.1, 0.15) is 56.3 Å². The van der Waals surface area contributed by atoms with Crippen molar-refractivity contribution >= 4 is 23.2 Å². The monoisotopic (exact) mass is 389 g/mol. The van der Waals surface area contributed by atoms with Crippen LogP contribution in [-0.4, -0.2) is 42.1 Å².